The van der Waals surface area contributed by atoms with Crippen molar-refractivity contribution in [3.8, 4) is 0 Å². The molecule has 7 unspecified atom stereocenters. The normalized spacial score (nSPS) is 45.3. The molecule has 0 heterocycles. The lowest BCUT2D eigenvalue weighted by Gasteiger charge is -2.59. The van der Waals surface area contributed by atoms with Crippen LogP contribution in [0.3, 0.4) is 0 Å². The van der Waals surface area contributed by atoms with Gasteiger partial charge in [-0.2, -0.15) is 0 Å². The van der Waals surface area contributed by atoms with E-state index in [1.807, 2.05) is 11.1 Å². The molecule has 4 aliphatic carbocycles. The van der Waals surface area contributed by atoms with Crippen LogP contribution in [0.1, 0.15) is 112 Å². The summed E-state index contributed by atoms with van der Waals surface area (Å²) in [5.41, 5.74) is 6.49. The summed E-state index contributed by atoms with van der Waals surface area (Å²) in [6.07, 6.45) is 16.5. The van der Waals surface area contributed by atoms with Gasteiger partial charge in [0.2, 0.25) is 0 Å². The van der Waals surface area contributed by atoms with E-state index in [4.69, 9.17) is 0 Å². The maximum absolute atomic E-state index is 10.3. The first-order valence-electron chi connectivity index (χ1n) is 12.7. The highest BCUT2D eigenvalue weighted by Gasteiger charge is 2.61. The molecular formula is C28H46O. The molecule has 0 aliphatic heterocycles. The van der Waals surface area contributed by atoms with Gasteiger partial charge in [-0.15, -0.1) is 0 Å². The molecule has 1 heteroatoms. The Morgan fingerprint density at radius 1 is 1.03 bits per heavy atom. The fourth-order valence-corrected chi connectivity index (χ4v) is 8.62. The predicted molar refractivity (Wildman–Crippen MR) is 124 cm³/mol. The van der Waals surface area contributed by atoms with E-state index in [2.05, 4.69) is 47.6 Å². The maximum Gasteiger partial charge on any atom is 0.0543 e. The third-order valence-electron chi connectivity index (χ3n) is 10.7. The number of aliphatic hydroxyl groups is 1. The van der Waals surface area contributed by atoms with Gasteiger partial charge in [-0.25, -0.2) is 0 Å². The molecule has 2 saturated carbocycles. The van der Waals surface area contributed by atoms with Crippen molar-refractivity contribution in [2.24, 2.45) is 34.0 Å². The van der Waals surface area contributed by atoms with Gasteiger partial charge in [-0.1, -0.05) is 50.5 Å². The number of aliphatic hydroxyl groups excluding tert-OH is 1. The van der Waals surface area contributed by atoms with Crippen molar-refractivity contribution in [1.82, 2.24) is 0 Å². The molecule has 0 aromatic carbocycles. The van der Waals surface area contributed by atoms with Gasteiger partial charge >= 0.3 is 0 Å². The molecule has 164 valence electrons. The lowest BCUT2D eigenvalue weighted by Crippen LogP contribution is -2.49. The standard InChI is InChI=1S/C28H46O/c1-19(2)8-7-9-20(3)23-13-16-28(6)25-11-10-21-18-22(29)12-15-26(21,4)24(25)14-17-27(23,28)5/h8,20-23,29H,7,9-18H2,1-6H3. The van der Waals surface area contributed by atoms with E-state index in [-0.39, 0.29) is 6.10 Å². The summed E-state index contributed by atoms with van der Waals surface area (Å²) in [5, 5.41) is 10.3. The fraction of sp³-hybridized carbons (Fsp3) is 0.857. The van der Waals surface area contributed by atoms with Crippen molar-refractivity contribution in [3.05, 3.63) is 22.8 Å². The van der Waals surface area contributed by atoms with Crippen LogP contribution >= 0.6 is 0 Å². The number of hydrogen-bond donors (Lipinski definition) is 1. The summed E-state index contributed by atoms with van der Waals surface area (Å²) in [4.78, 5) is 0. The van der Waals surface area contributed by atoms with Gasteiger partial charge in [0, 0.05) is 0 Å². The van der Waals surface area contributed by atoms with Crippen LogP contribution in [0.5, 0.6) is 0 Å². The first-order chi connectivity index (χ1) is 13.6. The van der Waals surface area contributed by atoms with Crippen LogP contribution in [0, 0.1) is 34.0 Å². The molecule has 0 spiro atoms. The van der Waals surface area contributed by atoms with E-state index in [1.54, 1.807) is 0 Å². The van der Waals surface area contributed by atoms with Gasteiger partial charge in [0.25, 0.3) is 0 Å². The average molecular weight is 399 g/mol. The van der Waals surface area contributed by atoms with Crippen molar-refractivity contribution < 1.29 is 5.11 Å². The van der Waals surface area contributed by atoms with Crippen LogP contribution in [0.25, 0.3) is 0 Å². The van der Waals surface area contributed by atoms with Crippen molar-refractivity contribution in [2.45, 2.75) is 118 Å². The summed E-state index contributed by atoms with van der Waals surface area (Å²) in [5.74, 6) is 2.43. The third kappa shape index (κ3) is 3.29. The van der Waals surface area contributed by atoms with Crippen molar-refractivity contribution in [3.63, 3.8) is 0 Å². The maximum atomic E-state index is 10.3. The second-order valence-electron chi connectivity index (χ2n) is 12.3. The Morgan fingerprint density at radius 2 is 1.79 bits per heavy atom. The largest absolute Gasteiger partial charge is 0.393 e. The van der Waals surface area contributed by atoms with Crippen LogP contribution < -0.4 is 0 Å². The van der Waals surface area contributed by atoms with Gasteiger partial charge in [-0.3, -0.25) is 0 Å². The predicted octanol–water partition coefficient (Wildman–Crippen LogP) is 7.84. The van der Waals surface area contributed by atoms with Crippen molar-refractivity contribution in [1.29, 1.82) is 0 Å². The summed E-state index contributed by atoms with van der Waals surface area (Å²) < 4.78 is 0. The molecule has 7 atom stereocenters. The Bertz CT molecular complexity index is 697. The molecule has 29 heavy (non-hydrogen) atoms. The molecule has 0 radical (unpaired) electrons. The number of rotatable bonds is 4. The molecule has 0 bridgehead atoms. The highest BCUT2D eigenvalue weighted by Crippen LogP contribution is 2.71. The minimum absolute atomic E-state index is 0.0443. The summed E-state index contributed by atoms with van der Waals surface area (Å²) in [7, 11) is 0. The van der Waals surface area contributed by atoms with E-state index in [9.17, 15) is 5.11 Å². The Kier molecular flexibility index (Phi) is 5.63. The van der Waals surface area contributed by atoms with Gasteiger partial charge in [-0.05, 0) is 118 Å². The van der Waals surface area contributed by atoms with Gasteiger partial charge < -0.3 is 5.11 Å². The quantitative estimate of drug-likeness (QED) is 0.478. The van der Waals surface area contributed by atoms with Gasteiger partial charge in [0.15, 0.2) is 0 Å². The zero-order valence-corrected chi connectivity index (χ0v) is 20.1. The first-order valence-corrected chi connectivity index (χ1v) is 12.7. The third-order valence-corrected chi connectivity index (χ3v) is 10.7. The minimum atomic E-state index is -0.0443. The molecule has 0 aromatic rings. The zero-order chi connectivity index (χ0) is 21.0. The summed E-state index contributed by atoms with van der Waals surface area (Å²) >= 11 is 0. The minimum Gasteiger partial charge on any atom is -0.393 e. The van der Waals surface area contributed by atoms with E-state index >= 15 is 0 Å². The highest BCUT2D eigenvalue weighted by molar-refractivity contribution is 5.38. The van der Waals surface area contributed by atoms with E-state index in [1.165, 1.54) is 63.4 Å². The molecule has 1 nitrogen and oxygen atoms in total. The smallest absolute Gasteiger partial charge is 0.0543 e. The molecule has 1 N–H and O–H groups in total. The highest BCUT2D eigenvalue weighted by atomic mass is 16.3. The Morgan fingerprint density at radius 3 is 2.52 bits per heavy atom. The Balaban J connectivity index is 1.61. The van der Waals surface area contributed by atoms with Crippen LogP contribution in [-0.2, 0) is 0 Å². The number of allylic oxidation sites excluding steroid dienone is 4. The SMILES string of the molecule is CC(C)=CCCC(C)C1CCC2(C)C3=C(CCC12C)C1(C)CCC(O)CC1CC3. The molecule has 2 fully saturated rings. The van der Waals surface area contributed by atoms with Gasteiger partial charge in [0.05, 0.1) is 6.10 Å². The van der Waals surface area contributed by atoms with Crippen molar-refractivity contribution in [2.75, 3.05) is 0 Å². The van der Waals surface area contributed by atoms with Crippen molar-refractivity contribution >= 4 is 0 Å². The average Bonchev–Trinajstić information content (AvgIpc) is 2.93. The molecule has 0 saturated heterocycles. The van der Waals surface area contributed by atoms with Crippen LogP contribution in [0.15, 0.2) is 22.8 Å². The van der Waals surface area contributed by atoms with Gasteiger partial charge in [0.1, 0.15) is 0 Å². The number of hydrogen-bond acceptors (Lipinski definition) is 1. The lowest BCUT2D eigenvalue weighted by molar-refractivity contribution is -0.00479. The Hall–Kier alpha value is -0.560. The Labute approximate surface area is 180 Å². The van der Waals surface area contributed by atoms with Crippen LogP contribution in [0.2, 0.25) is 0 Å². The topological polar surface area (TPSA) is 20.2 Å². The summed E-state index contributed by atoms with van der Waals surface area (Å²) in [6.45, 7) is 14.9. The monoisotopic (exact) mass is 398 g/mol. The molecular weight excluding hydrogens is 352 g/mol. The first kappa shape index (κ1) is 21.7. The summed E-state index contributed by atoms with van der Waals surface area (Å²) in [6, 6.07) is 0. The fourth-order valence-electron chi connectivity index (χ4n) is 8.62. The molecule has 4 aliphatic rings. The second kappa shape index (κ2) is 7.54. The van der Waals surface area contributed by atoms with E-state index < -0.39 is 0 Å². The molecule has 0 aromatic heterocycles. The molecule has 0 amide bonds. The second-order valence-corrected chi connectivity index (χ2v) is 12.3. The molecule has 4 rings (SSSR count). The van der Waals surface area contributed by atoms with Crippen LogP contribution in [-0.4, -0.2) is 11.2 Å². The lowest BCUT2D eigenvalue weighted by atomic mass is 9.46. The number of fused-ring (bicyclic) bond motifs is 4. The van der Waals surface area contributed by atoms with Crippen LogP contribution in [0.4, 0.5) is 0 Å². The van der Waals surface area contributed by atoms with E-state index in [0.717, 1.165) is 30.6 Å². The zero-order valence-electron chi connectivity index (χ0n) is 20.1. The van der Waals surface area contributed by atoms with E-state index in [0.29, 0.717) is 16.2 Å².